The van der Waals surface area contributed by atoms with Gasteiger partial charge in [0, 0.05) is 24.8 Å². The van der Waals surface area contributed by atoms with E-state index < -0.39 is 0 Å². The van der Waals surface area contributed by atoms with Gasteiger partial charge in [0.15, 0.2) is 0 Å². The molecule has 0 radical (unpaired) electrons. The SMILES string of the molecule is Cc1ccc(C(=O)N(CCCO)C(C)C)cc1C. The highest BCUT2D eigenvalue weighted by atomic mass is 16.3. The Morgan fingerprint density at radius 2 is 1.94 bits per heavy atom. The zero-order valence-corrected chi connectivity index (χ0v) is 11.7. The van der Waals surface area contributed by atoms with Crippen molar-refractivity contribution in [2.75, 3.05) is 13.2 Å². The smallest absolute Gasteiger partial charge is 0.254 e. The molecule has 3 heteroatoms. The number of nitrogens with zero attached hydrogens (tertiary/aromatic N) is 1. The van der Waals surface area contributed by atoms with Gasteiger partial charge in [-0.1, -0.05) is 6.07 Å². The molecule has 0 heterocycles. The molecular formula is C15H23NO2. The topological polar surface area (TPSA) is 40.5 Å². The van der Waals surface area contributed by atoms with E-state index in [0.717, 1.165) is 11.1 Å². The maximum Gasteiger partial charge on any atom is 0.254 e. The number of benzene rings is 1. The molecular weight excluding hydrogens is 226 g/mol. The van der Waals surface area contributed by atoms with E-state index in [1.54, 1.807) is 4.90 Å². The molecule has 0 bridgehead atoms. The number of aliphatic hydroxyl groups excluding tert-OH is 1. The summed E-state index contributed by atoms with van der Waals surface area (Å²) in [5, 5.41) is 8.89. The average molecular weight is 249 g/mol. The van der Waals surface area contributed by atoms with Crippen LogP contribution in [0.5, 0.6) is 0 Å². The predicted molar refractivity (Wildman–Crippen MR) is 73.8 cm³/mol. The standard InChI is InChI=1S/C15H23NO2/c1-11(2)16(8-5-9-17)15(18)14-7-6-12(3)13(4)10-14/h6-7,10-11,17H,5,8-9H2,1-4H3. The quantitative estimate of drug-likeness (QED) is 0.871. The molecule has 0 saturated heterocycles. The first kappa shape index (κ1) is 14.7. The number of hydrogen-bond donors (Lipinski definition) is 1. The van der Waals surface area contributed by atoms with Crippen LogP contribution in [0.15, 0.2) is 18.2 Å². The molecule has 0 fully saturated rings. The van der Waals surface area contributed by atoms with E-state index in [4.69, 9.17) is 5.11 Å². The van der Waals surface area contributed by atoms with Crippen LogP contribution in [0.4, 0.5) is 0 Å². The van der Waals surface area contributed by atoms with Crippen LogP contribution in [0.1, 0.15) is 41.8 Å². The van der Waals surface area contributed by atoms with Gasteiger partial charge in [-0.25, -0.2) is 0 Å². The molecule has 100 valence electrons. The first-order valence-corrected chi connectivity index (χ1v) is 6.46. The van der Waals surface area contributed by atoms with Crippen LogP contribution in [0, 0.1) is 13.8 Å². The van der Waals surface area contributed by atoms with Crippen molar-refractivity contribution >= 4 is 5.91 Å². The lowest BCUT2D eigenvalue weighted by molar-refractivity contribution is 0.0693. The van der Waals surface area contributed by atoms with Gasteiger partial charge in [0.05, 0.1) is 0 Å². The van der Waals surface area contributed by atoms with Crippen molar-refractivity contribution in [1.82, 2.24) is 4.90 Å². The summed E-state index contributed by atoms with van der Waals surface area (Å²) in [7, 11) is 0. The van der Waals surface area contributed by atoms with Crippen molar-refractivity contribution in [3.63, 3.8) is 0 Å². The second-order valence-corrected chi connectivity index (χ2v) is 4.97. The molecule has 0 unspecified atom stereocenters. The summed E-state index contributed by atoms with van der Waals surface area (Å²) in [6.07, 6.45) is 0.620. The van der Waals surface area contributed by atoms with E-state index in [2.05, 4.69) is 0 Å². The van der Waals surface area contributed by atoms with Gasteiger partial charge in [0.25, 0.3) is 5.91 Å². The molecule has 0 atom stereocenters. The largest absolute Gasteiger partial charge is 0.396 e. The number of carbonyl (C=O) groups is 1. The highest BCUT2D eigenvalue weighted by Crippen LogP contribution is 2.14. The minimum Gasteiger partial charge on any atom is -0.396 e. The lowest BCUT2D eigenvalue weighted by Gasteiger charge is -2.26. The molecule has 1 N–H and O–H groups in total. The van der Waals surface area contributed by atoms with Crippen molar-refractivity contribution in [2.45, 2.75) is 40.2 Å². The fraction of sp³-hybridized carbons (Fsp3) is 0.533. The molecule has 1 amide bonds. The normalized spacial score (nSPS) is 10.8. The van der Waals surface area contributed by atoms with Crippen molar-refractivity contribution in [3.8, 4) is 0 Å². The fourth-order valence-corrected chi connectivity index (χ4v) is 1.88. The third kappa shape index (κ3) is 3.57. The number of carbonyl (C=O) groups excluding carboxylic acids is 1. The lowest BCUT2D eigenvalue weighted by Crippen LogP contribution is -2.38. The van der Waals surface area contributed by atoms with Crippen molar-refractivity contribution in [1.29, 1.82) is 0 Å². The summed E-state index contributed by atoms with van der Waals surface area (Å²) in [5.74, 6) is 0.0431. The number of amides is 1. The van der Waals surface area contributed by atoms with Crippen molar-refractivity contribution < 1.29 is 9.90 Å². The predicted octanol–water partition coefficient (Wildman–Crippen LogP) is 2.54. The van der Waals surface area contributed by atoms with Gasteiger partial charge in [-0.3, -0.25) is 4.79 Å². The maximum absolute atomic E-state index is 12.4. The van der Waals surface area contributed by atoms with Crippen LogP contribution in [0.25, 0.3) is 0 Å². The summed E-state index contributed by atoms with van der Waals surface area (Å²) >= 11 is 0. The number of aliphatic hydroxyl groups is 1. The van der Waals surface area contributed by atoms with E-state index in [9.17, 15) is 4.79 Å². The molecule has 0 aliphatic rings. The van der Waals surface area contributed by atoms with E-state index in [0.29, 0.717) is 13.0 Å². The summed E-state index contributed by atoms with van der Waals surface area (Å²) < 4.78 is 0. The summed E-state index contributed by atoms with van der Waals surface area (Å²) in [5.41, 5.74) is 3.05. The molecule has 0 aromatic heterocycles. The van der Waals surface area contributed by atoms with Gasteiger partial charge in [-0.2, -0.15) is 0 Å². The number of rotatable bonds is 5. The van der Waals surface area contributed by atoms with Crippen LogP contribution in [-0.2, 0) is 0 Å². The number of hydrogen-bond acceptors (Lipinski definition) is 2. The summed E-state index contributed by atoms with van der Waals surface area (Å²) in [6, 6.07) is 5.93. The van der Waals surface area contributed by atoms with E-state index in [-0.39, 0.29) is 18.6 Å². The first-order valence-electron chi connectivity index (χ1n) is 6.46. The molecule has 1 aromatic rings. The summed E-state index contributed by atoms with van der Waals surface area (Å²) in [6.45, 7) is 8.76. The van der Waals surface area contributed by atoms with Crippen LogP contribution in [0.3, 0.4) is 0 Å². The zero-order chi connectivity index (χ0) is 13.7. The van der Waals surface area contributed by atoms with Crippen LogP contribution >= 0.6 is 0 Å². The highest BCUT2D eigenvalue weighted by molar-refractivity contribution is 5.94. The van der Waals surface area contributed by atoms with Gasteiger partial charge in [0.2, 0.25) is 0 Å². The van der Waals surface area contributed by atoms with E-state index in [1.165, 1.54) is 5.56 Å². The zero-order valence-electron chi connectivity index (χ0n) is 11.7. The summed E-state index contributed by atoms with van der Waals surface area (Å²) in [4.78, 5) is 14.2. The van der Waals surface area contributed by atoms with Crippen LogP contribution in [-0.4, -0.2) is 35.1 Å². The van der Waals surface area contributed by atoms with E-state index in [1.807, 2.05) is 45.9 Å². The Labute approximate surface area is 109 Å². The Morgan fingerprint density at radius 1 is 1.28 bits per heavy atom. The Bertz CT molecular complexity index is 413. The minimum atomic E-state index is 0.0431. The molecule has 1 aromatic carbocycles. The van der Waals surface area contributed by atoms with Crippen molar-refractivity contribution in [2.24, 2.45) is 0 Å². The molecule has 3 nitrogen and oxygen atoms in total. The molecule has 0 aliphatic carbocycles. The van der Waals surface area contributed by atoms with Crippen LogP contribution < -0.4 is 0 Å². The van der Waals surface area contributed by atoms with Crippen molar-refractivity contribution in [3.05, 3.63) is 34.9 Å². The average Bonchev–Trinajstić information content (AvgIpc) is 2.32. The molecule has 0 saturated carbocycles. The molecule has 0 spiro atoms. The minimum absolute atomic E-state index is 0.0431. The molecule has 1 rings (SSSR count). The maximum atomic E-state index is 12.4. The van der Waals surface area contributed by atoms with Gasteiger partial charge in [-0.15, -0.1) is 0 Å². The monoisotopic (exact) mass is 249 g/mol. The lowest BCUT2D eigenvalue weighted by atomic mass is 10.0. The first-order chi connectivity index (χ1) is 8.47. The Hall–Kier alpha value is -1.35. The third-order valence-corrected chi connectivity index (χ3v) is 3.20. The Kier molecular flexibility index (Phi) is 5.35. The van der Waals surface area contributed by atoms with E-state index >= 15 is 0 Å². The molecule has 0 aliphatic heterocycles. The fourth-order valence-electron chi connectivity index (χ4n) is 1.88. The number of aryl methyl sites for hydroxylation is 2. The Morgan fingerprint density at radius 3 is 2.44 bits per heavy atom. The van der Waals surface area contributed by atoms with Gasteiger partial charge in [0.1, 0.15) is 0 Å². The Balaban J connectivity index is 2.91. The van der Waals surface area contributed by atoms with Crippen LogP contribution in [0.2, 0.25) is 0 Å². The second-order valence-electron chi connectivity index (χ2n) is 4.97. The van der Waals surface area contributed by atoms with Gasteiger partial charge < -0.3 is 10.0 Å². The molecule has 18 heavy (non-hydrogen) atoms. The van der Waals surface area contributed by atoms with Gasteiger partial charge in [-0.05, 0) is 57.4 Å². The highest BCUT2D eigenvalue weighted by Gasteiger charge is 2.18. The third-order valence-electron chi connectivity index (χ3n) is 3.20. The van der Waals surface area contributed by atoms with Gasteiger partial charge >= 0.3 is 0 Å². The second kappa shape index (κ2) is 6.55.